The summed E-state index contributed by atoms with van der Waals surface area (Å²) in [6, 6.07) is 0. The molecule has 2 unspecified atom stereocenters. The van der Waals surface area contributed by atoms with Crippen molar-refractivity contribution >= 4 is 0 Å². The molecule has 0 heteroatoms. The molecule has 1 aliphatic rings. The molecule has 10 heavy (non-hydrogen) atoms. The second-order valence-electron chi connectivity index (χ2n) is 3.35. The van der Waals surface area contributed by atoms with Gasteiger partial charge in [-0.1, -0.05) is 32.3 Å². The van der Waals surface area contributed by atoms with Gasteiger partial charge in [0.2, 0.25) is 0 Å². The second-order valence-corrected chi connectivity index (χ2v) is 3.35. The molecule has 1 fully saturated rings. The van der Waals surface area contributed by atoms with Crippen LogP contribution in [0, 0.1) is 11.8 Å². The van der Waals surface area contributed by atoms with E-state index in [1.54, 1.807) is 0 Å². The Balaban J connectivity index is 2.41. The standard InChI is InChI=1S/C10H18/c1-3-9-7-5-6-8-10(9)4-2/h3,9-10H,1,4-8H2,2H3. The molecule has 0 aromatic carbocycles. The lowest BCUT2D eigenvalue weighted by molar-refractivity contribution is 0.277. The predicted octanol–water partition coefficient (Wildman–Crippen LogP) is 3.39. The van der Waals surface area contributed by atoms with Gasteiger partial charge in [0.15, 0.2) is 0 Å². The first-order chi connectivity index (χ1) is 4.88. The third kappa shape index (κ3) is 1.62. The minimum atomic E-state index is 0.832. The van der Waals surface area contributed by atoms with Crippen LogP contribution >= 0.6 is 0 Å². The average molecular weight is 138 g/mol. The fraction of sp³-hybridized carbons (Fsp3) is 0.800. The molecule has 0 radical (unpaired) electrons. The van der Waals surface area contributed by atoms with E-state index in [9.17, 15) is 0 Å². The molecule has 0 aromatic rings. The molecule has 0 N–H and O–H groups in total. The Morgan fingerprint density at radius 3 is 2.60 bits per heavy atom. The molecule has 0 bridgehead atoms. The molecule has 0 aromatic heterocycles. The minimum Gasteiger partial charge on any atom is -0.103 e. The molecule has 0 nitrogen and oxygen atoms in total. The Kier molecular flexibility index (Phi) is 2.98. The van der Waals surface area contributed by atoms with E-state index in [0.717, 1.165) is 11.8 Å². The summed E-state index contributed by atoms with van der Waals surface area (Å²) in [6.45, 7) is 6.18. The van der Waals surface area contributed by atoms with Crippen LogP contribution in [-0.2, 0) is 0 Å². The zero-order chi connectivity index (χ0) is 7.40. The quantitative estimate of drug-likeness (QED) is 0.513. The third-order valence-corrected chi connectivity index (χ3v) is 2.79. The molecule has 1 saturated carbocycles. The highest BCUT2D eigenvalue weighted by atomic mass is 14.2. The summed E-state index contributed by atoms with van der Waals surface area (Å²) in [7, 11) is 0. The molecular weight excluding hydrogens is 120 g/mol. The lowest BCUT2D eigenvalue weighted by atomic mass is 9.78. The fourth-order valence-electron chi connectivity index (χ4n) is 2.05. The van der Waals surface area contributed by atoms with Gasteiger partial charge in [-0.25, -0.2) is 0 Å². The van der Waals surface area contributed by atoms with Gasteiger partial charge in [-0.3, -0.25) is 0 Å². The zero-order valence-electron chi connectivity index (χ0n) is 6.97. The van der Waals surface area contributed by atoms with E-state index in [1.807, 2.05) is 0 Å². The average Bonchev–Trinajstić information content (AvgIpc) is 2.04. The maximum atomic E-state index is 3.88. The summed E-state index contributed by atoms with van der Waals surface area (Å²) < 4.78 is 0. The summed E-state index contributed by atoms with van der Waals surface area (Å²) in [5.41, 5.74) is 0. The minimum absolute atomic E-state index is 0.832. The highest BCUT2D eigenvalue weighted by Gasteiger charge is 2.20. The van der Waals surface area contributed by atoms with Crippen molar-refractivity contribution in [2.75, 3.05) is 0 Å². The maximum Gasteiger partial charge on any atom is -0.0208 e. The van der Waals surface area contributed by atoms with Gasteiger partial charge < -0.3 is 0 Å². The smallest absolute Gasteiger partial charge is 0.0208 e. The third-order valence-electron chi connectivity index (χ3n) is 2.79. The van der Waals surface area contributed by atoms with Gasteiger partial charge in [0.05, 0.1) is 0 Å². The molecule has 0 amide bonds. The number of allylic oxidation sites excluding steroid dienone is 1. The Labute approximate surface area is 64.3 Å². The summed E-state index contributed by atoms with van der Waals surface area (Å²) in [5, 5.41) is 0. The van der Waals surface area contributed by atoms with E-state index < -0.39 is 0 Å². The first-order valence-corrected chi connectivity index (χ1v) is 4.51. The molecule has 0 heterocycles. The van der Waals surface area contributed by atoms with Crippen molar-refractivity contribution in [3.8, 4) is 0 Å². The first kappa shape index (κ1) is 7.84. The van der Waals surface area contributed by atoms with Crippen LogP contribution in [0.15, 0.2) is 12.7 Å². The van der Waals surface area contributed by atoms with Crippen molar-refractivity contribution in [1.82, 2.24) is 0 Å². The second kappa shape index (κ2) is 3.80. The maximum absolute atomic E-state index is 3.88. The molecule has 0 aliphatic heterocycles. The highest BCUT2D eigenvalue weighted by molar-refractivity contribution is 4.86. The van der Waals surface area contributed by atoms with Crippen molar-refractivity contribution < 1.29 is 0 Å². The molecule has 58 valence electrons. The predicted molar refractivity (Wildman–Crippen MR) is 45.9 cm³/mol. The topological polar surface area (TPSA) is 0 Å². The molecule has 2 atom stereocenters. The van der Waals surface area contributed by atoms with Gasteiger partial charge in [0.25, 0.3) is 0 Å². The summed E-state index contributed by atoms with van der Waals surface area (Å²) in [4.78, 5) is 0. The van der Waals surface area contributed by atoms with Crippen LogP contribution in [0.4, 0.5) is 0 Å². The lowest BCUT2D eigenvalue weighted by Gasteiger charge is -2.27. The number of hydrogen-bond acceptors (Lipinski definition) is 0. The Morgan fingerprint density at radius 1 is 1.40 bits per heavy atom. The molecule has 0 spiro atoms. The SMILES string of the molecule is C=CC1CCCCC1CC. The van der Waals surface area contributed by atoms with E-state index >= 15 is 0 Å². The van der Waals surface area contributed by atoms with Gasteiger partial charge in [-0.15, -0.1) is 6.58 Å². The van der Waals surface area contributed by atoms with E-state index in [4.69, 9.17) is 0 Å². The molecule has 1 rings (SSSR count). The fourth-order valence-corrected chi connectivity index (χ4v) is 2.05. The molecular formula is C10H18. The van der Waals surface area contributed by atoms with Crippen LogP contribution in [0.3, 0.4) is 0 Å². The van der Waals surface area contributed by atoms with E-state index in [0.29, 0.717) is 0 Å². The van der Waals surface area contributed by atoms with Crippen molar-refractivity contribution in [3.05, 3.63) is 12.7 Å². The van der Waals surface area contributed by atoms with Crippen LogP contribution < -0.4 is 0 Å². The first-order valence-electron chi connectivity index (χ1n) is 4.51. The van der Waals surface area contributed by atoms with Crippen LogP contribution in [0.1, 0.15) is 39.0 Å². The van der Waals surface area contributed by atoms with Gasteiger partial charge in [0.1, 0.15) is 0 Å². The monoisotopic (exact) mass is 138 g/mol. The van der Waals surface area contributed by atoms with E-state index in [-0.39, 0.29) is 0 Å². The Hall–Kier alpha value is -0.260. The summed E-state index contributed by atoms with van der Waals surface area (Å²) in [5.74, 6) is 1.78. The van der Waals surface area contributed by atoms with Crippen molar-refractivity contribution in [3.63, 3.8) is 0 Å². The summed E-state index contributed by atoms with van der Waals surface area (Å²) in [6.07, 6.45) is 9.20. The van der Waals surface area contributed by atoms with Gasteiger partial charge in [-0.05, 0) is 24.7 Å². The van der Waals surface area contributed by atoms with Crippen molar-refractivity contribution in [2.24, 2.45) is 11.8 Å². The van der Waals surface area contributed by atoms with Gasteiger partial charge >= 0.3 is 0 Å². The van der Waals surface area contributed by atoms with Gasteiger partial charge in [0, 0.05) is 0 Å². The largest absolute Gasteiger partial charge is 0.103 e. The van der Waals surface area contributed by atoms with Crippen molar-refractivity contribution in [2.45, 2.75) is 39.0 Å². The van der Waals surface area contributed by atoms with E-state index in [1.165, 1.54) is 32.1 Å². The Bertz CT molecular complexity index is 105. The van der Waals surface area contributed by atoms with Crippen LogP contribution in [0.5, 0.6) is 0 Å². The zero-order valence-corrected chi connectivity index (χ0v) is 6.97. The highest BCUT2D eigenvalue weighted by Crippen LogP contribution is 2.32. The lowest BCUT2D eigenvalue weighted by Crippen LogP contribution is -2.16. The number of hydrogen-bond donors (Lipinski definition) is 0. The normalized spacial score (nSPS) is 33.7. The number of rotatable bonds is 2. The van der Waals surface area contributed by atoms with Crippen LogP contribution in [0.25, 0.3) is 0 Å². The van der Waals surface area contributed by atoms with E-state index in [2.05, 4.69) is 19.6 Å². The van der Waals surface area contributed by atoms with Crippen LogP contribution in [0.2, 0.25) is 0 Å². The Morgan fingerprint density at radius 2 is 2.10 bits per heavy atom. The molecule has 1 aliphatic carbocycles. The van der Waals surface area contributed by atoms with Crippen molar-refractivity contribution in [1.29, 1.82) is 0 Å². The van der Waals surface area contributed by atoms with Crippen LogP contribution in [-0.4, -0.2) is 0 Å². The summed E-state index contributed by atoms with van der Waals surface area (Å²) >= 11 is 0. The molecule has 0 saturated heterocycles. The van der Waals surface area contributed by atoms with Gasteiger partial charge in [-0.2, -0.15) is 0 Å².